The Kier molecular flexibility index (Phi) is 4.37. The van der Waals surface area contributed by atoms with E-state index >= 15 is 0 Å². The van der Waals surface area contributed by atoms with Gasteiger partial charge in [-0.15, -0.1) is 0 Å². The minimum atomic E-state index is -0.140. The SMILES string of the molecule is O=c1cc2n(cc1OCc1ccccc1)-c1cc(-c3ccccc3)ccc1OC2. The van der Waals surface area contributed by atoms with Gasteiger partial charge < -0.3 is 14.0 Å². The van der Waals surface area contributed by atoms with E-state index in [0.717, 1.165) is 33.8 Å². The highest BCUT2D eigenvalue weighted by Gasteiger charge is 2.19. The Bertz CT molecular complexity index is 1210. The lowest BCUT2D eigenvalue weighted by Gasteiger charge is -2.24. The standard InChI is InChI=1S/C25H19NO3/c27-23-14-21-17-29-24-12-11-20(19-9-5-2-6-10-19)13-22(24)26(21)15-25(23)28-16-18-7-3-1-4-8-18/h1-15H,16-17H2. The van der Waals surface area contributed by atoms with Gasteiger partial charge in [0, 0.05) is 6.07 Å². The van der Waals surface area contributed by atoms with Crippen LogP contribution in [0.25, 0.3) is 16.8 Å². The highest BCUT2D eigenvalue weighted by molar-refractivity contribution is 5.69. The summed E-state index contributed by atoms with van der Waals surface area (Å²) in [5.41, 5.74) is 4.80. The second-order valence-corrected chi connectivity index (χ2v) is 6.97. The molecule has 0 atom stereocenters. The molecule has 3 aromatic carbocycles. The topological polar surface area (TPSA) is 40.5 Å². The number of rotatable bonds is 4. The molecule has 0 N–H and O–H groups in total. The van der Waals surface area contributed by atoms with Crippen molar-refractivity contribution in [3.8, 4) is 28.3 Å². The molecule has 0 saturated carbocycles. The van der Waals surface area contributed by atoms with Crippen LogP contribution >= 0.6 is 0 Å². The monoisotopic (exact) mass is 381 g/mol. The first-order valence-electron chi connectivity index (χ1n) is 9.53. The third kappa shape index (κ3) is 3.41. The molecule has 0 unspecified atom stereocenters. The number of benzene rings is 3. The highest BCUT2D eigenvalue weighted by atomic mass is 16.5. The summed E-state index contributed by atoms with van der Waals surface area (Å²) >= 11 is 0. The molecule has 4 aromatic rings. The minimum absolute atomic E-state index is 0.140. The van der Waals surface area contributed by atoms with Gasteiger partial charge in [-0.2, -0.15) is 0 Å². The third-order valence-corrected chi connectivity index (χ3v) is 5.03. The molecule has 0 aliphatic carbocycles. The van der Waals surface area contributed by atoms with Crippen LogP contribution < -0.4 is 14.9 Å². The summed E-state index contributed by atoms with van der Waals surface area (Å²) in [6.45, 7) is 0.703. The van der Waals surface area contributed by atoms with Crippen molar-refractivity contribution >= 4 is 0 Å². The van der Waals surface area contributed by atoms with Crippen LogP contribution in [0.3, 0.4) is 0 Å². The number of nitrogens with zero attached hydrogens (tertiary/aromatic N) is 1. The average Bonchev–Trinajstić information content (AvgIpc) is 2.78. The number of aromatic nitrogens is 1. The first-order valence-corrected chi connectivity index (χ1v) is 9.53. The van der Waals surface area contributed by atoms with Gasteiger partial charge in [0.25, 0.3) is 0 Å². The molecule has 142 valence electrons. The van der Waals surface area contributed by atoms with Gasteiger partial charge in [0.15, 0.2) is 5.75 Å². The predicted molar refractivity (Wildman–Crippen MR) is 113 cm³/mol. The summed E-state index contributed by atoms with van der Waals surface area (Å²) < 4.78 is 13.7. The molecular weight excluding hydrogens is 362 g/mol. The Morgan fingerprint density at radius 1 is 0.862 bits per heavy atom. The summed E-state index contributed by atoms with van der Waals surface area (Å²) in [6.07, 6.45) is 1.77. The Morgan fingerprint density at radius 2 is 1.62 bits per heavy atom. The number of hydrogen-bond donors (Lipinski definition) is 0. The molecule has 2 heterocycles. The van der Waals surface area contributed by atoms with Crippen LogP contribution in [0.5, 0.6) is 11.5 Å². The summed E-state index contributed by atoms with van der Waals surface area (Å²) in [4.78, 5) is 12.5. The van der Waals surface area contributed by atoms with Crippen molar-refractivity contribution in [1.82, 2.24) is 4.57 Å². The lowest BCUT2D eigenvalue weighted by molar-refractivity contribution is 0.277. The quantitative estimate of drug-likeness (QED) is 0.501. The first-order chi connectivity index (χ1) is 14.3. The molecule has 0 radical (unpaired) electrons. The van der Waals surface area contributed by atoms with Crippen LogP contribution in [0.15, 0.2) is 95.9 Å². The highest BCUT2D eigenvalue weighted by Crippen LogP contribution is 2.34. The molecule has 0 fully saturated rings. The maximum Gasteiger partial charge on any atom is 0.223 e. The molecule has 1 aliphatic heterocycles. The van der Waals surface area contributed by atoms with Gasteiger partial charge in [-0.1, -0.05) is 66.7 Å². The number of pyridine rings is 1. The van der Waals surface area contributed by atoms with E-state index in [1.165, 1.54) is 0 Å². The van der Waals surface area contributed by atoms with Crippen molar-refractivity contribution in [3.05, 3.63) is 113 Å². The summed E-state index contributed by atoms with van der Waals surface area (Å²) in [5, 5.41) is 0. The number of hydrogen-bond acceptors (Lipinski definition) is 3. The fourth-order valence-electron chi connectivity index (χ4n) is 3.52. The van der Waals surface area contributed by atoms with Crippen molar-refractivity contribution in [1.29, 1.82) is 0 Å². The van der Waals surface area contributed by atoms with Gasteiger partial charge in [0.05, 0.1) is 17.6 Å². The van der Waals surface area contributed by atoms with Crippen LogP contribution in [0, 0.1) is 0 Å². The van der Waals surface area contributed by atoms with Gasteiger partial charge >= 0.3 is 0 Å². The maximum atomic E-state index is 12.5. The second-order valence-electron chi connectivity index (χ2n) is 6.97. The second kappa shape index (κ2) is 7.32. The smallest absolute Gasteiger partial charge is 0.223 e. The van der Waals surface area contributed by atoms with Crippen molar-refractivity contribution in [2.75, 3.05) is 0 Å². The molecular formula is C25H19NO3. The van der Waals surface area contributed by atoms with E-state index in [1.807, 2.05) is 59.2 Å². The molecule has 0 amide bonds. The van der Waals surface area contributed by atoms with E-state index in [-0.39, 0.29) is 5.43 Å². The predicted octanol–water partition coefficient (Wildman–Crippen LogP) is 4.98. The number of ether oxygens (including phenoxy) is 2. The molecule has 0 bridgehead atoms. The Labute approximate surface area is 168 Å². The lowest BCUT2D eigenvalue weighted by Crippen LogP contribution is -2.19. The molecule has 5 rings (SSSR count). The lowest BCUT2D eigenvalue weighted by atomic mass is 10.0. The molecule has 0 spiro atoms. The zero-order valence-corrected chi connectivity index (χ0v) is 15.7. The fourth-order valence-corrected chi connectivity index (χ4v) is 3.52. The van der Waals surface area contributed by atoms with E-state index in [0.29, 0.717) is 19.0 Å². The maximum absolute atomic E-state index is 12.5. The van der Waals surface area contributed by atoms with Gasteiger partial charge in [-0.25, -0.2) is 0 Å². The van der Waals surface area contributed by atoms with E-state index in [2.05, 4.69) is 24.3 Å². The largest absolute Gasteiger partial charge is 0.485 e. The van der Waals surface area contributed by atoms with Crippen molar-refractivity contribution in [2.45, 2.75) is 13.2 Å². The Hall–Kier alpha value is -3.79. The molecule has 1 aliphatic rings. The van der Waals surface area contributed by atoms with E-state index in [4.69, 9.17) is 9.47 Å². The van der Waals surface area contributed by atoms with Crippen molar-refractivity contribution in [2.24, 2.45) is 0 Å². The van der Waals surface area contributed by atoms with Crippen LogP contribution in [0.1, 0.15) is 11.3 Å². The summed E-state index contributed by atoms with van der Waals surface area (Å²) in [5.74, 6) is 1.12. The zero-order valence-electron chi connectivity index (χ0n) is 15.7. The summed E-state index contributed by atoms with van der Waals surface area (Å²) in [6, 6.07) is 27.7. The van der Waals surface area contributed by atoms with E-state index < -0.39 is 0 Å². The van der Waals surface area contributed by atoms with Gasteiger partial charge in [-0.3, -0.25) is 4.79 Å². The van der Waals surface area contributed by atoms with Crippen LogP contribution in [-0.2, 0) is 13.2 Å². The van der Waals surface area contributed by atoms with Gasteiger partial charge in [-0.05, 0) is 28.8 Å². The molecule has 4 heteroatoms. The fraction of sp³-hybridized carbons (Fsp3) is 0.0800. The average molecular weight is 381 g/mol. The van der Waals surface area contributed by atoms with Crippen LogP contribution in [-0.4, -0.2) is 4.57 Å². The van der Waals surface area contributed by atoms with E-state index in [1.54, 1.807) is 12.3 Å². The Balaban J connectivity index is 1.53. The minimum Gasteiger partial charge on any atom is -0.485 e. The molecule has 4 nitrogen and oxygen atoms in total. The number of fused-ring (bicyclic) bond motifs is 3. The van der Waals surface area contributed by atoms with E-state index in [9.17, 15) is 4.79 Å². The van der Waals surface area contributed by atoms with Crippen LogP contribution in [0.2, 0.25) is 0 Å². The Morgan fingerprint density at radius 3 is 2.41 bits per heavy atom. The first kappa shape index (κ1) is 17.3. The molecule has 29 heavy (non-hydrogen) atoms. The van der Waals surface area contributed by atoms with Crippen molar-refractivity contribution < 1.29 is 9.47 Å². The molecule has 1 aromatic heterocycles. The van der Waals surface area contributed by atoms with Crippen molar-refractivity contribution in [3.63, 3.8) is 0 Å². The van der Waals surface area contributed by atoms with Crippen LogP contribution in [0.4, 0.5) is 0 Å². The zero-order chi connectivity index (χ0) is 19.6. The van der Waals surface area contributed by atoms with Gasteiger partial charge in [0.2, 0.25) is 5.43 Å². The third-order valence-electron chi connectivity index (χ3n) is 5.03. The summed E-state index contributed by atoms with van der Waals surface area (Å²) in [7, 11) is 0. The van der Waals surface area contributed by atoms with Gasteiger partial charge in [0.1, 0.15) is 19.0 Å². The molecule has 0 saturated heterocycles. The normalized spacial score (nSPS) is 11.9.